The minimum absolute atomic E-state index is 0.150. The maximum absolute atomic E-state index is 12.2. The van der Waals surface area contributed by atoms with Crippen molar-refractivity contribution in [2.75, 3.05) is 6.61 Å². The summed E-state index contributed by atoms with van der Waals surface area (Å²) < 4.78 is 21.7. The van der Waals surface area contributed by atoms with Crippen LogP contribution in [0.15, 0.2) is 21.9 Å². The third-order valence-corrected chi connectivity index (χ3v) is 9.85. The Balaban J connectivity index is 2.52. The Morgan fingerprint density at radius 3 is 2.60 bits per heavy atom. The van der Waals surface area contributed by atoms with Gasteiger partial charge in [0.1, 0.15) is 11.0 Å². The van der Waals surface area contributed by atoms with E-state index < -0.39 is 49.5 Å². The predicted octanol–water partition coefficient (Wildman–Crippen LogP) is 1.81. The molecule has 1 aromatic heterocycles. The summed E-state index contributed by atoms with van der Waals surface area (Å²) in [6, 6.07) is 1.17. The van der Waals surface area contributed by atoms with Crippen LogP contribution < -0.4 is 11.2 Å². The number of aliphatic hydroxyl groups excluding tert-OH is 1. The van der Waals surface area contributed by atoms with Gasteiger partial charge in [-0.05, 0) is 25.1 Å². The maximum Gasteiger partial charge on any atom is 0.330 e. The minimum atomic E-state index is -2.36. The number of nitrogens with zero attached hydrogens (tertiary/aromatic N) is 1. The van der Waals surface area contributed by atoms with E-state index in [1.807, 2.05) is 13.1 Å². The van der Waals surface area contributed by atoms with Gasteiger partial charge in [-0.25, -0.2) is 4.79 Å². The van der Waals surface area contributed by atoms with Gasteiger partial charge in [-0.2, -0.15) is 0 Å². The first kappa shape index (κ1) is 18.8. The monoisotopic (exact) mass is 391 g/mol. The average Bonchev–Trinajstić information content (AvgIpc) is 2.67. The molecule has 4 atom stereocenters. The van der Waals surface area contributed by atoms with E-state index in [0.29, 0.717) is 0 Å². The Morgan fingerprint density at radius 1 is 1.52 bits per heavy atom. The number of alkyl halides is 1. The molecular weight excluding hydrogens is 364 g/mol. The molecule has 1 aliphatic heterocycles. The van der Waals surface area contributed by atoms with Crippen molar-refractivity contribution < 1.29 is 15.6 Å². The molecule has 1 fully saturated rings. The van der Waals surface area contributed by atoms with Crippen molar-refractivity contribution in [2.45, 2.75) is 69.1 Å². The standard InChI is InChI=1S/C16H27ClN2O5Si/c1-15(2,3)25(5,6)24-12-10(9-20)23-13(16(12,4)17)19-8-7-11(21)18-14(19)22/h7-8,10,12-13,20H,9H2,1-6H3,(H,18,21,22)/t10-,12+,13-,16-/m1/s1/i10D. The Morgan fingerprint density at radius 2 is 2.12 bits per heavy atom. The van der Waals surface area contributed by atoms with Crippen LogP contribution in [0.1, 0.15) is 35.3 Å². The largest absolute Gasteiger partial charge is 0.409 e. The summed E-state index contributed by atoms with van der Waals surface area (Å²) in [5.74, 6) is 0. The molecule has 1 aliphatic rings. The fourth-order valence-electron chi connectivity index (χ4n) is 2.48. The molecule has 0 radical (unpaired) electrons. The first-order valence-corrected chi connectivity index (χ1v) is 11.4. The molecule has 2 N–H and O–H groups in total. The lowest BCUT2D eigenvalue weighted by Gasteiger charge is -2.42. The van der Waals surface area contributed by atoms with Crippen LogP contribution in [0.25, 0.3) is 0 Å². The van der Waals surface area contributed by atoms with Gasteiger partial charge in [0.05, 0.1) is 14.1 Å². The van der Waals surface area contributed by atoms with Gasteiger partial charge >= 0.3 is 5.69 Å². The fourth-order valence-corrected chi connectivity index (χ4v) is 4.19. The van der Waals surface area contributed by atoms with Crippen LogP contribution in [0.4, 0.5) is 0 Å². The first-order valence-electron chi connectivity index (χ1n) is 8.62. The Kier molecular flexibility index (Phi) is 5.02. The van der Waals surface area contributed by atoms with Gasteiger partial charge in [0.25, 0.3) is 5.56 Å². The van der Waals surface area contributed by atoms with Crippen molar-refractivity contribution in [1.82, 2.24) is 9.55 Å². The zero-order chi connectivity index (χ0) is 20.1. The quantitative estimate of drug-likeness (QED) is 0.603. The Bertz CT molecular complexity index is 788. The maximum atomic E-state index is 12.2. The summed E-state index contributed by atoms with van der Waals surface area (Å²) >= 11 is 6.75. The lowest BCUT2D eigenvalue weighted by Crippen LogP contribution is -2.52. The lowest BCUT2D eigenvalue weighted by atomic mass is 10.0. The number of aromatic nitrogens is 2. The number of hydrogen-bond acceptors (Lipinski definition) is 5. The minimum Gasteiger partial charge on any atom is -0.409 e. The smallest absolute Gasteiger partial charge is 0.330 e. The molecule has 0 amide bonds. The zero-order valence-electron chi connectivity index (χ0n) is 16.4. The number of nitrogens with one attached hydrogen (secondary N) is 1. The molecule has 2 rings (SSSR count). The second-order valence-electron chi connectivity index (χ2n) is 8.02. The van der Waals surface area contributed by atoms with Crippen LogP contribution >= 0.6 is 11.6 Å². The molecule has 1 aromatic rings. The van der Waals surface area contributed by atoms with Gasteiger partial charge < -0.3 is 14.3 Å². The van der Waals surface area contributed by atoms with E-state index in [2.05, 4.69) is 25.8 Å². The highest BCUT2D eigenvalue weighted by Crippen LogP contribution is 2.47. The average molecular weight is 392 g/mol. The zero-order valence-corrected chi connectivity index (χ0v) is 17.2. The summed E-state index contributed by atoms with van der Waals surface area (Å²) in [7, 11) is -2.36. The number of rotatable bonds is 4. The summed E-state index contributed by atoms with van der Waals surface area (Å²) in [4.78, 5) is 24.3. The molecular formula is C16H27ClN2O5Si. The van der Waals surface area contributed by atoms with Crippen molar-refractivity contribution in [3.63, 3.8) is 0 Å². The van der Waals surface area contributed by atoms with Gasteiger partial charge in [-0.1, -0.05) is 20.8 Å². The van der Waals surface area contributed by atoms with Crippen LogP contribution in [-0.2, 0) is 9.16 Å². The number of aliphatic hydroxyl groups is 1. The normalized spacial score (nSPS) is 34.2. The third-order valence-electron chi connectivity index (χ3n) is 5.03. The SMILES string of the molecule is [2H][C@]1(CO)O[C@@H](n2ccc(=O)[nH]c2=O)[C@](C)(Cl)[C@H]1O[Si](C)(C)C(C)(C)C. The molecule has 0 aliphatic carbocycles. The van der Waals surface area contributed by atoms with E-state index >= 15 is 0 Å². The summed E-state index contributed by atoms with van der Waals surface area (Å²) in [5.41, 5.74) is -1.25. The molecule has 0 bridgehead atoms. The number of hydrogen-bond donors (Lipinski definition) is 2. The highest BCUT2D eigenvalue weighted by Gasteiger charge is 2.57. The lowest BCUT2D eigenvalue weighted by molar-refractivity contribution is -0.0452. The van der Waals surface area contributed by atoms with E-state index in [1.165, 1.54) is 12.3 Å². The second-order valence-corrected chi connectivity index (χ2v) is 13.6. The molecule has 25 heavy (non-hydrogen) atoms. The molecule has 1 saturated heterocycles. The van der Waals surface area contributed by atoms with Crippen LogP contribution in [0.5, 0.6) is 0 Å². The second kappa shape index (κ2) is 6.66. The number of ether oxygens (including phenoxy) is 1. The molecule has 2 heterocycles. The van der Waals surface area contributed by atoms with Crippen LogP contribution in [0, 0.1) is 0 Å². The first-order chi connectivity index (χ1) is 11.7. The molecule has 0 unspecified atom stereocenters. The number of aromatic amines is 1. The van der Waals surface area contributed by atoms with E-state index in [0.717, 1.165) is 4.57 Å². The van der Waals surface area contributed by atoms with Gasteiger partial charge in [0, 0.05) is 12.3 Å². The summed E-state index contributed by atoms with van der Waals surface area (Å²) in [6.07, 6.45) is -2.65. The molecule has 0 saturated carbocycles. The van der Waals surface area contributed by atoms with Gasteiger partial charge in [0.15, 0.2) is 14.5 Å². The topological polar surface area (TPSA) is 93.5 Å². The van der Waals surface area contributed by atoms with E-state index in [1.54, 1.807) is 6.92 Å². The van der Waals surface area contributed by atoms with Gasteiger partial charge in [-0.3, -0.25) is 14.3 Å². The van der Waals surface area contributed by atoms with Crippen LogP contribution in [0.2, 0.25) is 18.1 Å². The highest BCUT2D eigenvalue weighted by atomic mass is 35.5. The van der Waals surface area contributed by atoms with Crippen molar-refractivity contribution in [3.05, 3.63) is 33.1 Å². The van der Waals surface area contributed by atoms with E-state index in [-0.39, 0.29) is 5.04 Å². The van der Waals surface area contributed by atoms with Crippen LogP contribution in [0.3, 0.4) is 0 Å². The fraction of sp³-hybridized carbons (Fsp3) is 0.750. The molecule has 142 valence electrons. The summed E-state index contributed by atoms with van der Waals surface area (Å²) in [6.45, 7) is 11.1. The van der Waals surface area contributed by atoms with Crippen molar-refractivity contribution >= 4 is 19.9 Å². The van der Waals surface area contributed by atoms with Gasteiger partial charge in [-0.15, -0.1) is 11.6 Å². The number of halogens is 1. The molecule has 7 nitrogen and oxygen atoms in total. The van der Waals surface area contributed by atoms with Gasteiger partial charge in [0.2, 0.25) is 0 Å². The Hall–Kier alpha value is -0.933. The predicted molar refractivity (Wildman–Crippen MR) is 98.6 cm³/mol. The third kappa shape index (κ3) is 3.78. The van der Waals surface area contributed by atoms with Crippen molar-refractivity contribution in [3.8, 4) is 0 Å². The van der Waals surface area contributed by atoms with Crippen molar-refractivity contribution in [1.29, 1.82) is 0 Å². The van der Waals surface area contributed by atoms with Crippen molar-refractivity contribution in [2.24, 2.45) is 0 Å². The molecule has 9 heteroatoms. The molecule has 0 spiro atoms. The van der Waals surface area contributed by atoms with E-state index in [4.69, 9.17) is 22.1 Å². The van der Waals surface area contributed by atoms with E-state index in [9.17, 15) is 14.7 Å². The highest BCUT2D eigenvalue weighted by molar-refractivity contribution is 6.74. The number of H-pyrrole nitrogens is 1. The van der Waals surface area contributed by atoms with Crippen LogP contribution in [-0.4, -0.2) is 46.6 Å². The molecule has 0 aromatic carbocycles. The Labute approximate surface area is 154 Å². The summed E-state index contributed by atoms with van der Waals surface area (Å²) in [5, 5.41) is 9.68.